The predicted octanol–water partition coefficient (Wildman–Crippen LogP) is 0.550. The number of halogens is 3. The number of sulfonamides is 1. The van der Waals surface area contributed by atoms with Gasteiger partial charge >= 0.3 is 6.18 Å². The molecule has 4 atom stereocenters. The molecule has 4 unspecified atom stereocenters. The molecule has 3 fully saturated rings. The van der Waals surface area contributed by atoms with Crippen LogP contribution < -0.4 is 10.7 Å². The Kier molecular flexibility index (Phi) is 5.77. The van der Waals surface area contributed by atoms with Crippen molar-refractivity contribution >= 4 is 15.9 Å². The Hall–Kier alpha value is -0.910. The second-order valence-corrected chi connectivity index (χ2v) is 9.82. The summed E-state index contributed by atoms with van der Waals surface area (Å²) >= 11 is 0. The summed E-state index contributed by atoms with van der Waals surface area (Å²) in [4.78, 5) is 12.2. The van der Waals surface area contributed by atoms with Crippen molar-refractivity contribution in [2.45, 2.75) is 43.9 Å². The molecule has 3 aliphatic rings. The molecule has 0 radical (unpaired) electrons. The average molecular weight is 412 g/mol. The van der Waals surface area contributed by atoms with Crippen LogP contribution in [0, 0.1) is 17.8 Å². The first kappa shape index (κ1) is 20.8. The first-order chi connectivity index (χ1) is 12.5. The van der Waals surface area contributed by atoms with Gasteiger partial charge in [-0.15, -0.1) is 0 Å². The number of hydrogen-bond acceptors (Lipinski definition) is 5. The van der Waals surface area contributed by atoms with Gasteiger partial charge in [0.15, 0.2) is 0 Å². The Morgan fingerprint density at radius 1 is 1.11 bits per heavy atom. The molecule has 27 heavy (non-hydrogen) atoms. The maximum absolute atomic E-state index is 13.4. The topological polar surface area (TPSA) is 81.8 Å². The minimum atomic E-state index is -4.50. The van der Waals surface area contributed by atoms with E-state index in [1.54, 1.807) is 5.01 Å². The van der Waals surface area contributed by atoms with Gasteiger partial charge in [-0.05, 0) is 37.5 Å². The Balaban J connectivity index is 1.70. The van der Waals surface area contributed by atoms with E-state index in [1.807, 2.05) is 0 Å². The largest absolute Gasteiger partial charge is 0.406 e. The standard InChI is InChI=1S/C16H27F3N4O3S/c1-20-15(24)13-12-9-11(5-8-23(12)21-14(13)16(17,18)19)10-3-6-22(7-4-10)27(2,25)26/h10-14,21H,3-9H2,1-2H3,(H,20,24). The Morgan fingerprint density at radius 2 is 1.70 bits per heavy atom. The number of hydrogen-bond donors (Lipinski definition) is 2. The number of carbonyl (C=O) groups excluding carboxylic acids is 1. The van der Waals surface area contributed by atoms with Gasteiger partial charge in [0.1, 0.15) is 6.04 Å². The van der Waals surface area contributed by atoms with Gasteiger partial charge in [-0.2, -0.15) is 13.2 Å². The molecule has 11 heteroatoms. The number of fused-ring (bicyclic) bond motifs is 1. The van der Waals surface area contributed by atoms with E-state index in [2.05, 4.69) is 10.7 Å². The van der Waals surface area contributed by atoms with Crippen molar-refractivity contribution in [1.29, 1.82) is 0 Å². The van der Waals surface area contributed by atoms with Crippen LogP contribution in [0.25, 0.3) is 0 Å². The summed E-state index contributed by atoms with van der Waals surface area (Å²) in [6.07, 6.45) is -0.609. The van der Waals surface area contributed by atoms with Crippen LogP contribution in [0.2, 0.25) is 0 Å². The molecule has 156 valence electrons. The molecule has 0 aromatic rings. The normalized spacial score (nSPS) is 34.4. The van der Waals surface area contributed by atoms with E-state index < -0.39 is 40.1 Å². The maximum Gasteiger partial charge on any atom is 0.406 e. The third-order valence-corrected chi connectivity index (χ3v) is 7.60. The fourth-order valence-electron chi connectivity index (χ4n) is 4.88. The molecular weight excluding hydrogens is 385 g/mol. The number of hydrazine groups is 1. The van der Waals surface area contributed by atoms with Crippen LogP contribution in [0.3, 0.4) is 0 Å². The monoisotopic (exact) mass is 412 g/mol. The van der Waals surface area contributed by atoms with E-state index in [0.717, 1.165) is 6.42 Å². The van der Waals surface area contributed by atoms with E-state index in [4.69, 9.17) is 0 Å². The van der Waals surface area contributed by atoms with Crippen molar-refractivity contribution in [2.24, 2.45) is 17.8 Å². The molecule has 0 aromatic carbocycles. The Bertz CT molecular complexity index is 664. The third-order valence-electron chi connectivity index (χ3n) is 6.30. The lowest BCUT2D eigenvalue weighted by atomic mass is 9.74. The second-order valence-electron chi connectivity index (χ2n) is 7.83. The summed E-state index contributed by atoms with van der Waals surface area (Å²) in [5.74, 6) is -1.28. The predicted molar refractivity (Wildman–Crippen MR) is 92.9 cm³/mol. The number of carbonyl (C=O) groups is 1. The fourth-order valence-corrected chi connectivity index (χ4v) is 5.76. The molecule has 0 spiro atoms. The van der Waals surface area contributed by atoms with E-state index in [1.165, 1.54) is 17.6 Å². The Labute approximate surface area is 157 Å². The van der Waals surface area contributed by atoms with Crippen LogP contribution in [-0.4, -0.2) is 74.8 Å². The molecule has 0 aromatic heterocycles. The van der Waals surface area contributed by atoms with Gasteiger partial charge in [0.05, 0.1) is 12.2 Å². The first-order valence-electron chi connectivity index (χ1n) is 9.28. The highest BCUT2D eigenvalue weighted by Crippen LogP contribution is 2.42. The average Bonchev–Trinajstić information content (AvgIpc) is 2.99. The van der Waals surface area contributed by atoms with Gasteiger partial charge in [0, 0.05) is 32.7 Å². The second kappa shape index (κ2) is 7.49. The molecule has 1 amide bonds. The smallest absolute Gasteiger partial charge is 0.359 e. The van der Waals surface area contributed by atoms with Gasteiger partial charge in [-0.25, -0.2) is 23.2 Å². The van der Waals surface area contributed by atoms with Crippen molar-refractivity contribution in [2.75, 3.05) is 32.9 Å². The summed E-state index contributed by atoms with van der Waals surface area (Å²) < 4.78 is 65.0. The van der Waals surface area contributed by atoms with Gasteiger partial charge in [-0.1, -0.05) is 0 Å². The zero-order chi connectivity index (χ0) is 20.0. The van der Waals surface area contributed by atoms with Crippen LogP contribution in [0.1, 0.15) is 25.7 Å². The van der Waals surface area contributed by atoms with Gasteiger partial charge < -0.3 is 5.32 Å². The summed E-state index contributed by atoms with van der Waals surface area (Å²) in [5.41, 5.74) is 2.51. The zero-order valence-electron chi connectivity index (χ0n) is 15.5. The van der Waals surface area contributed by atoms with Gasteiger partial charge in [0.2, 0.25) is 15.9 Å². The molecular formula is C16H27F3N4O3S. The lowest BCUT2D eigenvalue weighted by Crippen LogP contribution is -2.49. The molecule has 3 aliphatic heterocycles. The molecule has 0 saturated carbocycles. The highest BCUT2D eigenvalue weighted by atomic mass is 32.2. The summed E-state index contributed by atoms with van der Waals surface area (Å²) in [7, 11) is -1.84. The van der Waals surface area contributed by atoms with Crippen LogP contribution in [0.15, 0.2) is 0 Å². The minimum absolute atomic E-state index is 0.203. The molecule has 7 nitrogen and oxygen atoms in total. The number of nitrogens with zero attached hydrogens (tertiary/aromatic N) is 2. The van der Waals surface area contributed by atoms with Gasteiger partial charge in [-0.3, -0.25) is 4.79 Å². The number of amides is 1. The van der Waals surface area contributed by atoms with Crippen LogP contribution in [0.5, 0.6) is 0 Å². The van der Waals surface area contributed by atoms with Crippen molar-refractivity contribution in [3.63, 3.8) is 0 Å². The fraction of sp³-hybridized carbons (Fsp3) is 0.938. The first-order valence-corrected chi connectivity index (χ1v) is 11.1. The quantitative estimate of drug-likeness (QED) is 0.708. The van der Waals surface area contributed by atoms with Crippen molar-refractivity contribution < 1.29 is 26.4 Å². The van der Waals surface area contributed by atoms with E-state index in [0.29, 0.717) is 38.9 Å². The van der Waals surface area contributed by atoms with Crippen LogP contribution in [0.4, 0.5) is 13.2 Å². The van der Waals surface area contributed by atoms with Crippen molar-refractivity contribution in [3.8, 4) is 0 Å². The SMILES string of the molecule is CNC(=O)C1C2CC(C3CCN(S(C)(=O)=O)CC3)CCN2NC1C(F)(F)F. The Morgan fingerprint density at radius 3 is 2.22 bits per heavy atom. The summed E-state index contributed by atoms with van der Waals surface area (Å²) in [6, 6.07) is -2.36. The highest BCUT2D eigenvalue weighted by Gasteiger charge is 2.58. The number of nitrogens with one attached hydrogen (secondary N) is 2. The van der Waals surface area contributed by atoms with Crippen LogP contribution in [-0.2, 0) is 14.8 Å². The lowest BCUT2D eigenvalue weighted by Gasteiger charge is -2.41. The molecule has 3 saturated heterocycles. The minimum Gasteiger partial charge on any atom is -0.359 e. The van der Waals surface area contributed by atoms with Crippen molar-refractivity contribution in [1.82, 2.24) is 20.1 Å². The van der Waals surface area contributed by atoms with Gasteiger partial charge in [0.25, 0.3) is 0 Å². The van der Waals surface area contributed by atoms with Crippen molar-refractivity contribution in [3.05, 3.63) is 0 Å². The van der Waals surface area contributed by atoms with Crippen LogP contribution >= 0.6 is 0 Å². The molecule has 0 aliphatic carbocycles. The summed E-state index contributed by atoms with van der Waals surface area (Å²) in [5, 5.41) is 3.96. The number of alkyl halides is 3. The van der Waals surface area contributed by atoms with E-state index >= 15 is 0 Å². The molecule has 0 bridgehead atoms. The third kappa shape index (κ3) is 4.25. The zero-order valence-corrected chi connectivity index (χ0v) is 16.3. The van der Waals surface area contributed by atoms with E-state index in [9.17, 15) is 26.4 Å². The number of piperidine rings is 2. The highest BCUT2D eigenvalue weighted by molar-refractivity contribution is 7.88. The lowest BCUT2D eigenvalue weighted by molar-refractivity contribution is -0.169. The maximum atomic E-state index is 13.4. The molecule has 3 rings (SSSR count). The summed E-state index contributed by atoms with van der Waals surface area (Å²) in [6.45, 7) is 1.37. The van der Waals surface area contributed by atoms with E-state index in [-0.39, 0.29) is 11.8 Å². The molecule has 2 N–H and O–H groups in total. The molecule has 3 heterocycles. The number of rotatable bonds is 3.